The van der Waals surface area contributed by atoms with Gasteiger partial charge in [-0.2, -0.15) is 0 Å². The van der Waals surface area contributed by atoms with Gasteiger partial charge in [0, 0.05) is 16.4 Å². The van der Waals surface area contributed by atoms with Gasteiger partial charge in [0.15, 0.2) is 0 Å². The van der Waals surface area contributed by atoms with Crippen LogP contribution < -0.4 is 10.3 Å². The number of hydrogen-bond donors (Lipinski definition) is 0. The zero-order chi connectivity index (χ0) is 21.0. The van der Waals surface area contributed by atoms with Crippen molar-refractivity contribution in [3.63, 3.8) is 0 Å². The summed E-state index contributed by atoms with van der Waals surface area (Å²) < 4.78 is 7.64. The number of aromatic nitrogens is 2. The van der Waals surface area contributed by atoms with Gasteiger partial charge in [0.05, 0.1) is 18.5 Å². The Hall–Kier alpha value is -1.89. The van der Waals surface area contributed by atoms with Gasteiger partial charge in [-0.1, -0.05) is 25.4 Å². The minimum atomic E-state index is 0.0606. The fraction of sp³-hybridized carbons (Fsp3) is 0.455. The second-order valence-corrected chi connectivity index (χ2v) is 8.71. The first-order chi connectivity index (χ1) is 13.9. The summed E-state index contributed by atoms with van der Waals surface area (Å²) in [7, 11) is 0. The van der Waals surface area contributed by atoms with E-state index in [-0.39, 0.29) is 5.56 Å². The van der Waals surface area contributed by atoms with Crippen LogP contribution in [0.1, 0.15) is 36.5 Å². The summed E-state index contributed by atoms with van der Waals surface area (Å²) >= 11 is 7.52. The van der Waals surface area contributed by atoms with Gasteiger partial charge in [-0.05, 0) is 63.2 Å². The maximum atomic E-state index is 13.3. The molecule has 0 saturated heterocycles. The van der Waals surface area contributed by atoms with E-state index < -0.39 is 0 Å². The Morgan fingerprint density at radius 1 is 1.17 bits per heavy atom. The maximum absolute atomic E-state index is 13.3. The molecule has 0 amide bonds. The van der Waals surface area contributed by atoms with Gasteiger partial charge >= 0.3 is 0 Å². The molecule has 1 aromatic carbocycles. The number of fused-ring (bicyclic) bond motifs is 1. The largest absolute Gasteiger partial charge is 0.494 e. The molecule has 0 spiro atoms. The van der Waals surface area contributed by atoms with Crippen LogP contribution in [0.2, 0.25) is 5.02 Å². The molecular weight excluding hydrogens is 406 g/mol. The van der Waals surface area contributed by atoms with E-state index in [1.54, 1.807) is 11.3 Å². The van der Waals surface area contributed by atoms with Gasteiger partial charge in [0.2, 0.25) is 0 Å². The number of nitrogens with zero attached hydrogens (tertiary/aromatic N) is 3. The Labute approximate surface area is 180 Å². The molecular formula is C22H28ClN3O2S. The number of aryl methyl sites for hydroxylation is 2. The third kappa shape index (κ3) is 5.00. The van der Waals surface area contributed by atoms with Crippen molar-refractivity contribution in [3.8, 4) is 5.75 Å². The van der Waals surface area contributed by atoms with E-state index in [0.717, 1.165) is 51.7 Å². The highest BCUT2D eigenvalue weighted by Gasteiger charge is 2.17. The zero-order valence-corrected chi connectivity index (χ0v) is 19.1. The van der Waals surface area contributed by atoms with Crippen molar-refractivity contribution in [2.75, 3.05) is 19.7 Å². The number of ether oxygens (including phenoxy) is 1. The van der Waals surface area contributed by atoms with Gasteiger partial charge in [-0.3, -0.25) is 14.3 Å². The van der Waals surface area contributed by atoms with E-state index in [9.17, 15) is 4.79 Å². The van der Waals surface area contributed by atoms with Crippen molar-refractivity contribution in [3.05, 3.63) is 55.9 Å². The summed E-state index contributed by atoms with van der Waals surface area (Å²) in [6.45, 7) is 11.9. The fourth-order valence-corrected chi connectivity index (χ4v) is 4.48. The molecule has 5 nitrogen and oxygen atoms in total. The van der Waals surface area contributed by atoms with Crippen LogP contribution in [0.5, 0.6) is 5.75 Å². The molecule has 0 N–H and O–H groups in total. The first kappa shape index (κ1) is 21.8. The smallest absolute Gasteiger partial charge is 0.262 e. The van der Waals surface area contributed by atoms with Crippen LogP contribution in [0, 0.1) is 13.8 Å². The number of hydrogen-bond acceptors (Lipinski definition) is 5. The minimum Gasteiger partial charge on any atom is -0.494 e. The van der Waals surface area contributed by atoms with Crippen molar-refractivity contribution in [2.45, 2.75) is 47.2 Å². The van der Waals surface area contributed by atoms with E-state index in [2.05, 4.69) is 25.7 Å². The van der Waals surface area contributed by atoms with Gasteiger partial charge in [-0.15, -0.1) is 11.3 Å². The van der Waals surface area contributed by atoms with Crippen molar-refractivity contribution < 1.29 is 4.74 Å². The van der Waals surface area contributed by atoms with Crippen molar-refractivity contribution >= 4 is 33.2 Å². The topological polar surface area (TPSA) is 47.4 Å². The Morgan fingerprint density at radius 2 is 1.86 bits per heavy atom. The first-order valence-corrected chi connectivity index (χ1v) is 11.2. The zero-order valence-electron chi connectivity index (χ0n) is 17.5. The van der Waals surface area contributed by atoms with Gasteiger partial charge in [0.25, 0.3) is 5.56 Å². The minimum absolute atomic E-state index is 0.0606. The molecule has 0 unspecified atom stereocenters. The molecule has 2 aromatic heterocycles. The molecule has 156 valence electrons. The monoisotopic (exact) mass is 433 g/mol. The highest BCUT2D eigenvalue weighted by Crippen LogP contribution is 2.26. The van der Waals surface area contributed by atoms with Crippen molar-refractivity contribution in [2.24, 2.45) is 0 Å². The van der Waals surface area contributed by atoms with E-state index in [1.165, 1.54) is 0 Å². The molecule has 0 bridgehead atoms. The van der Waals surface area contributed by atoms with Crippen LogP contribution in [-0.4, -0.2) is 34.1 Å². The highest BCUT2D eigenvalue weighted by molar-refractivity contribution is 7.18. The van der Waals surface area contributed by atoms with Crippen molar-refractivity contribution in [1.29, 1.82) is 0 Å². The summed E-state index contributed by atoms with van der Waals surface area (Å²) in [4.78, 5) is 22.5. The van der Waals surface area contributed by atoms with Crippen LogP contribution >= 0.6 is 22.9 Å². The Kier molecular flexibility index (Phi) is 7.33. The normalized spacial score (nSPS) is 11.5. The standard InChI is InChI=1S/C22H28ClN3O2S/c1-5-25(6-2)14-19-24-21-20(15(3)16(4)29-21)22(27)26(19)12-7-13-28-18-10-8-17(23)9-11-18/h8-11H,5-7,12-14H2,1-4H3. The lowest BCUT2D eigenvalue weighted by molar-refractivity contribution is 0.274. The maximum Gasteiger partial charge on any atom is 0.262 e. The number of benzene rings is 1. The summed E-state index contributed by atoms with van der Waals surface area (Å²) in [6, 6.07) is 7.32. The Balaban J connectivity index is 1.83. The second-order valence-electron chi connectivity index (χ2n) is 7.07. The average molecular weight is 434 g/mol. The van der Waals surface area contributed by atoms with Crippen LogP contribution in [0.4, 0.5) is 0 Å². The predicted octanol–water partition coefficient (Wildman–Crippen LogP) is 5.04. The Bertz CT molecular complexity index is 1020. The lowest BCUT2D eigenvalue weighted by Gasteiger charge is -2.20. The third-order valence-electron chi connectivity index (χ3n) is 5.24. The lowest BCUT2D eigenvalue weighted by Crippen LogP contribution is -2.31. The number of halogens is 1. The van der Waals surface area contributed by atoms with Crippen LogP contribution in [0.3, 0.4) is 0 Å². The molecule has 2 heterocycles. The predicted molar refractivity (Wildman–Crippen MR) is 122 cm³/mol. The molecule has 0 saturated carbocycles. The Morgan fingerprint density at radius 3 is 2.52 bits per heavy atom. The molecule has 0 aliphatic carbocycles. The first-order valence-electron chi connectivity index (χ1n) is 10.0. The van der Waals surface area contributed by atoms with Gasteiger partial charge in [-0.25, -0.2) is 4.98 Å². The fourth-order valence-electron chi connectivity index (χ4n) is 3.31. The van der Waals surface area contributed by atoms with Gasteiger partial charge < -0.3 is 4.74 Å². The molecule has 0 atom stereocenters. The summed E-state index contributed by atoms with van der Waals surface area (Å²) in [5.74, 6) is 1.61. The van der Waals surface area contributed by atoms with E-state index in [0.29, 0.717) is 24.7 Å². The van der Waals surface area contributed by atoms with Crippen LogP contribution in [-0.2, 0) is 13.1 Å². The molecule has 0 fully saturated rings. The number of rotatable bonds is 9. The third-order valence-corrected chi connectivity index (χ3v) is 6.59. The molecule has 3 rings (SSSR count). The SMILES string of the molecule is CCN(CC)Cc1nc2sc(C)c(C)c2c(=O)n1CCCOc1ccc(Cl)cc1. The number of thiophene rings is 1. The van der Waals surface area contributed by atoms with E-state index >= 15 is 0 Å². The quantitative estimate of drug-likeness (QED) is 0.443. The van der Waals surface area contributed by atoms with Crippen LogP contribution in [0.15, 0.2) is 29.1 Å². The van der Waals surface area contributed by atoms with Gasteiger partial charge in [0.1, 0.15) is 16.4 Å². The van der Waals surface area contributed by atoms with E-state index in [4.69, 9.17) is 21.3 Å². The van der Waals surface area contributed by atoms with Crippen LogP contribution in [0.25, 0.3) is 10.2 Å². The highest BCUT2D eigenvalue weighted by atomic mass is 35.5. The summed E-state index contributed by atoms with van der Waals surface area (Å²) in [5, 5.41) is 1.44. The molecule has 7 heteroatoms. The lowest BCUT2D eigenvalue weighted by atomic mass is 10.2. The summed E-state index contributed by atoms with van der Waals surface area (Å²) in [6.07, 6.45) is 0.725. The molecule has 0 aliphatic rings. The second kappa shape index (κ2) is 9.74. The molecule has 29 heavy (non-hydrogen) atoms. The molecule has 0 radical (unpaired) electrons. The average Bonchev–Trinajstić information content (AvgIpc) is 3.00. The molecule has 0 aliphatic heterocycles. The van der Waals surface area contributed by atoms with Crippen molar-refractivity contribution in [1.82, 2.24) is 14.5 Å². The van der Waals surface area contributed by atoms with E-state index in [1.807, 2.05) is 35.8 Å². The summed E-state index contributed by atoms with van der Waals surface area (Å²) in [5.41, 5.74) is 1.11. The molecule has 3 aromatic rings.